The number of hydrogen-bond acceptors (Lipinski definition) is 7. The topological polar surface area (TPSA) is 107 Å². The molecule has 0 radical (unpaired) electrons. The van der Waals surface area contributed by atoms with E-state index in [4.69, 9.17) is 9.47 Å². The first-order valence-electron chi connectivity index (χ1n) is 9.40. The first kappa shape index (κ1) is 21.1. The predicted molar refractivity (Wildman–Crippen MR) is 109 cm³/mol. The van der Waals surface area contributed by atoms with Crippen molar-refractivity contribution in [2.24, 2.45) is 0 Å². The number of methoxy groups -OCH3 is 1. The average Bonchev–Trinajstić information content (AvgIpc) is 3.38. The van der Waals surface area contributed by atoms with Gasteiger partial charge < -0.3 is 14.8 Å². The summed E-state index contributed by atoms with van der Waals surface area (Å²) < 4.78 is 13.0. The molecule has 0 spiro atoms. The molecule has 0 aliphatic carbocycles. The van der Waals surface area contributed by atoms with E-state index in [1.807, 2.05) is 28.8 Å². The Balaban J connectivity index is 1.84. The van der Waals surface area contributed by atoms with Gasteiger partial charge in [-0.1, -0.05) is 11.8 Å². The summed E-state index contributed by atoms with van der Waals surface area (Å²) in [4.78, 5) is 23.6. The van der Waals surface area contributed by atoms with Crippen LogP contribution in [-0.2, 0) is 16.1 Å². The molecule has 3 amide bonds. The van der Waals surface area contributed by atoms with Crippen molar-refractivity contribution in [3.05, 3.63) is 24.3 Å². The minimum Gasteiger partial charge on any atom is -0.497 e. The highest BCUT2D eigenvalue weighted by molar-refractivity contribution is 8.00. The van der Waals surface area contributed by atoms with Crippen molar-refractivity contribution in [1.29, 1.82) is 0 Å². The normalized spacial score (nSPS) is 17.0. The largest absolute Gasteiger partial charge is 0.497 e. The summed E-state index contributed by atoms with van der Waals surface area (Å²) in [5.74, 6) is 1.06. The molecule has 9 nitrogen and oxygen atoms in total. The molecule has 1 aromatic carbocycles. The zero-order valence-corrected chi connectivity index (χ0v) is 17.5. The number of ether oxygens (including phenoxy) is 2. The Bertz CT molecular complexity index is 849. The summed E-state index contributed by atoms with van der Waals surface area (Å²) in [6.45, 7) is 3.07. The summed E-state index contributed by atoms with van der Waals surface area (Å²) in [5, 5.41) is 13.4. The van der Waals surface area contributed by atoms with Gasteiger partial charge in [0, 0.05) is 19.2 Å². The minimum absolute atomic E-state index is 0.0809. The van der Waals surface area contributed by atoms with Crippen LogP contribution in [0, 0.1) is 0 Å². The van der Waals surface area contributed by atoms with Gasteiger partial charge in [0.1, 0.15) is 5.75 Å². The Morgan fingerprint density at radius 2 is 2.10 bits per heavy atom. The molecule has 0 unspecified atom stereocenters. The van der Waals surface area contributed by atoms with Crippen molar-refractivity contribution in [2.75, 3.05) is 20.8 Å². The molecular formula is C19H25N5O4S. The number of carbonyl (C=O) groups is 2. The van der Waals surface area contributed by atoms with Gasteiger partial charge in [0.05, 0.1) is 25.0 Å². The van der Waals surface area contributed by atoms with Crippen LogP contribution in [0.1, 0.15) is 19.8 Å². The summed E-state index contributed by atoms with van der Waals surface area (Å²) in [5.41, 5.74) is 0.894. The number of benzene rings is 1. The molecule has 1 fully saturated rings. The number of aromatic nitrogens is 3. The van der Waals surface area contributed by atoms with Gasteiger partial charge in [-0.3, -0.25) is 14.7 Å². The van der Waals surface area contributed by atoms with E-state index in [9.17, 15) is 9.59 Å². The third kappa shape index (κ3) is 5.27. The van der Waals surface area contributed by atoms with E-state index in [0.29, 0.717) is 17.5 Å². The summed E-state index contributed by atoms with van der Waals surface area (Å²) >= 11 is 1.25. The van der Waals surface area contributed by atoms with Gasteiger partial charge >= 0.3 is 6.03 Å². The Hall–Kier alpha value is -2.59. The fraction of sp³-hybridized carbons (Fsp3) is 0.474. The highest BCUT2D eigenvalue weighted by Crippen LogP contribution is 2.29. The highest BCUT2D eigenvalue weighted by Gasteiger charge is 2.25. The molecule has 156 valence electrons. The lowest BCUT2D eigenvalue weighted by Gasteiger charge is -2.16. The molecule has 0 saturated carbocycles. The summed E-state index contributed by atoms with van der Waals surface area (Å²) in [6.07, 6.45) is 2.08. The van der Waals surface area contributed by atoms with Crippen molar-refractivity contribution < 1.29 is 19.1 Å². The number of imide groups is 1. The first-order valence-corrected chi connectivity index (χ1v) is 10.3. The second-order valence-corrected chi connectivity index (χ2v) is 7.92. The van der Waals surface area contributed by atoms with Gasteiger partial charge in [0.2, 0.25) is 5.91 Å². The fourth-order valence-electron chi connectivity index (χ4n) is 2.97. The predicted octanol–water partition coefficient (Wildman–Crippen LogP) is 2.07. The molecule has 0 bridgehead atoms. The molecule has 2 heterocycles. The van der Waals surface area contributed by atoms with Crippen LogP contribution in [0.15, 0.2) is 29.4 Å². The quantitative estimate of drug-likeness (QED) is 0.662. The van der Waals surface area contributed by atoms with Crippen LogP contribution >= 0.6 is 11.8 Å². The number of carbonyl (C=O) groups excluding carboxylic acids is 2. The molecule has 29 heavy (non-hydrogen) atoms. The number of nitrogens with zero attached hydrogens (tertiary/aromatic N) is 3. The molecule has 2 N–H and O–H groups in total. The molecule has 1 saturated heterocycles. The van der Waals surface area contributed by atoms with Gasteiger partial charge in [-0.25, -0.2) is 4.79 Å². The van der Waals surface area contributed by atoms with Crippen molar-refractivity contribution in [2.45, 2.75) is 42.8 Å². The molecule has 10 heteroatoms. The van der Waals surface area contributed by atoms with Crippen LogP contribution in [0.4, 0.5) is 4.79 Å². The lowest BCUT2D eigenvalue weighted by molar-refractivity contribution is -0.119. The van der Waals surface area contributed by atoms with E-state index in [2.05, 4.69) is 20.8 Å². The maximum atomic E-state index is 12.2. The molecule has 1 aliphatic heterocycles. The second-order valence-electron chi connectivity index (χ2n) is 6.61. The molecule has 1 aliphatic rings. The Morgan fingerprint density at radius 1 is 1.34 bits per heavy atom. The number of thioether (sulfide) groups is 1. The zero-order chi connectivity index (χ0) is 20.8. The number of hydrogen-bond donors (Lipinski definition) is 2. The molecule has 1 aromatic heterocycles. The van der Waals surface area contributed by atoms with E-state index >= 15 is 0 Å². The van der Waals surface area contributed by atoms with Gasteiger partial charge in [0.15, 0.2) is 11.0 Å². The second kappa shape index (κ2) is 9.75. The number of nitrogens with one attached hydrogen (secondary N) is 2. The standard InChI is InChI=1S/C19H25N5O4S/c1-12(17(25)21-18(26)20-2)29-19-23-22-16(13-6-8-14(27-3)9-7-13)24(19)11-15-5-4-10-28-15/h6-9,12,15H,4-5,10-11H2,1-3H3,(H2,20,21,25,26)/t12-,15+/m0/s1. The molecule has 3 rings (SSSR count). The maximum absolute atomic E-state index is 12.2. The lowest BCUT2D eigenvalue weighted by atomic mass is 10.2. The van der Waals surface area contributed by atoms with Crippen LogP contribution in [0.5, 0.6) is 5.75 Å². The van der Waals surface area contributed by atoms with Gasteiger partial charge in [0.25, 0.3) is 0 Å². The first-order chi connectivity index (χ1) is 14.0. The summed E-state index contributed by atoms with van der Waals surface area (Å²) in [6, 6.07) is 7.04. The Morgan fingerprint density at radius 3 is 2.72 bits per heavy atom. The van der Waals surface area contributed by atoms with Crippen LogP contribution in [0.2, 0.25) is 0 Å². The van der Waals surface area contributed by atoms with Gasteiger partial charge in [-0.15, -0.1) is 10.2 Å². The van der Waals surface area contributed by atoms with Crippen LogP contribution < -0.4 is 15.4 Å². The number of urea groups is 1. The summed E-state index contributed by atoms with van der Waals surface area (Å²) in [7, 11) is 3.08. The Labute approximate surface area is 173 Å². The van der Waals surface area contributed by atoms with Crippen molar-refractivity contribution in [3.63, 3.8) is 0 Å². The zero-order valence-electron chi connectivity index (χ0n) is 16.7. The third-order valence-corrected chi connectivity index (χ3v) is 5.67. The van der Waals surface area contributed by atoms with Gasteiger partial charge in [-0.05, 0) is 44.0 Å². The average molecular weight is 420 g/mol. The monoisotopic (exact) mass is 419 g/mol. The SMILES string of the molecule is CNC(=O)NC(=O)[C@H](C)Sc1nnc(-c2ccc(OC)cc2)n1C[C@H]1CCCO1. The fourth-order valence-corrected chi connectivity index (χ4v) is 3.83. The maximum Gasteiger partial charge on any atom is 0.321 e. The minimum atomic E-state index is -0.540. The smallest absolute Gasteiger partial charge is 0.321 e. The highest BCUT2D eigenvalue weighted by atomic mass is 32.2. The van der Waals surface area contributed by atoms with Crippen LogP contribution in [0.25, 0.3) is 11.4 Å². The molecule has 2 aromatic rings. The van der Waals surface area contributed by atoms with E-state index in [0.717, 1.165) is 30.8 Å². The lowest BCUT2D eigenvalue weighted by Crippen LogP contribution is -2.41. The van der Waals surface area contributed by atoms with E-state index < -0.39 is 17.2 Å². The van der Waals surface area contributed by atoms with Crippen LogP contribution in [-0.4, -0.2) is 58.8 Å². The Kier molecular flexibility index (Phi) is 7.10. The molecular weight excluding hydrogens is 394 g/mol. The van der Waals surface area contributed by atoms with Crippen molar-refractivity contribution >= 4 is 23.7 Å². The van der Waals surface area contributed by atoms with Crippen molar-refractivity contribution in [3.8, 4) is 17.1 Å². The number of rotatable bonds is 7. The van der Waals surface area contributed by atoms with E-state index in [-0.39, 0.29) is 6.10 Å². The van der Waals surface area contributed by atoms with Crippen molar-refractivity contribution in [1.82, 2.24) is 25.4 Å². The third-order valence-electron chi connectivity index (χ3n) is 4.59. The molecule has 2 atom stereocenters. The van der Waals surface area contributed by atoms with E-state index in [1.54, 1.807) is 14.0 Å². The number of amides is 3. The van der Waals surface area contributed by atoms with E-state index in [1.165, 1.54) is 18.8 Å². The van der Waals surface area contributed by atoms with Crippen LogP contribution in [0.3, 0.4) is 0 Å². The van der Waals surface area contributed by atoms with Gasteiger partial charge in [-0.2, -0.15) is 0 Å².